The van der Waals surface area contributed by atoms with Gasteiger partial charge in [-0.1, -0.05) is 6.92 Å². The number of furan rings is 1. The van der Waals surface area contributed by atoms with E-state index in [1.807, 2.05) is 0 Å². The molecule has 4 heterocycles. The molecule has 4 rings (SSSR count). The molecule has 37 heavy (non-hydrogen) atoms. The van der Waals surface area contributed by atoms with Crippen LogP contribution in [0.1, 0.15) is 44.1 Å². The third-order valence-electron chi connectivity index (χ3n) is 6.55. The van der Waals surface area contributed by atoms with Gasteiger partial charge in [0.1, 0.15) is 11.5 Å². The summed E-state index contributed by atoms with van der Waals surface area (Å²) in [5, 5.41) is 14.2. The number of aliphatic carboxylic acids is 2. The molecule has 1 aromatic rings. The van der Waals surface area contributed by atoms with E-state index in [-0.39, 0.29) is 0 Å². The van der Waals surface area contributed by atoms with E-state index in [0.717, 1.165) is 55.7 Å². The molecule has 2 atom stereocenters. The molecule has 1 aromatic heterocycles. The van der Waals surface area contributed by atoms with Crippen LogP contribution >= 0.6 is 0 Å². The van der Waals surface area contributed by atoms with Gasteiger partial charge < -0.3 is 19.4 Å². The lowest BCUT2D eigenvalue weighted by molar-refractivity contribution is -0.193. The van der Waals surface area contributed by atoms with Crippen molar-refractivity contribution in [3.8, 4) is 0 Å². The Kier molecular flexibility index (Phi) is 11.2. The summed E-state index contributed by atoms with van der Waals surface area (Å²) in [5.41, 5.74) is 0. The summed E-state index contributed by atoms with van der Waals surface area (Å²) < 4.78 is 74.9. The summed E-state index contributed by atoms with van der Waals surface area (Å²) in [4.78, 5) is 23.2. The molecule has 0 amide bonds. The van der Waals surface area contributed by atoms with E-state index in [2.05, 4.69) is 28.9 Å². The monoisotopic (exact) mass is 546 g/mol. The first kappa shape index (κ1) is 30.9. The van der Waals surface area contributed by atoms with Crippen LogP contribution in [0.3, 0.4) is 0 Å². The maximum absolute atomic E-state index is 10.6. The Balaban J connectivity index is 0.000000286. The molecule has 0 aromatic carbocycles. The van der Waals surface area contributed by atoms with Gasteiger partial charge in [0, 0.05) is 51.4 Å². The molecule has 0 bridgehead atoms. The minimum Gasteiger partial charge on any atom is -0.475 e. The lowest BCUT2D eigenvalue weighted by atomic mass is 9.99. The Hall–Kier alpha value is -2.32. The normalized spacial score (nSPS) is 23.0. The van der Waals surface area contributed by atoms with Crippen molar-refractivity contribution >= 4 is 11.9 Å². The van der Waals surface area contributed by atoms with Crippen molar-refractivity contribution in [1.29, 1.82) is 0 Å². The summed E-state index contributed by atoms with van der Waals surface area (Å²) in [6.45, 7) is 8.88. The average Bonchev–Trinajstić information content (AvgIpc) is 3.53. The smallest absolute Gasteiger partial charge is 0.475 e. The minimum absolute atomic E-state index is 0.741. The fourth-order valence-corrected chi connectivity index (χ4v) is 4.75. The van der Waals surface area contributed by atoms with Crippen molar-refractivity contribution in [3.05, 3.63) is 23.7 Å². The zero-order chi connectivity index (χ0) is 27.8. The average molecular weight is 547 g/mol. The lowest BCUT2D eigenvalue weighted by Crippen LogP contribution is -2.39. The van der Waals surface area contributed by atoms with E-state index in [1.54, 1.807) is 0 Å². The third-order valence-corrected chi connectivity index (χ3v) is 6.55. The molecular weight excluding hydrogens is 514 g/mol. The highest BCUT2D eigenvalue weighted by atomic mass is 19.4. The van der Waals surface area contributed by atoms with Gasteiger partial charge in [-0.3, -0.25) is 9.80 Å². The number of alkyl halides is 6. The number of carboxylic acid groups (broad SMARTS) is 2. The van der Waals surface area contributed by atoms with E-state index in [0.29, 0.717) is 0 Å². The number of halogens is 6. The zero-order valence-corrected chi connectivity index (χ0v) is 20.4. The van der Waals surface area contributed by atoms with Crippen LogP contribution < -0.4 is 0 Å². The Morgan fingerprint density at radius 3 is 1.78 bits per heavy atom. The fourth-order valence-electron chi connectivity index (χ4n) is 4.75. The van der Waals surface area contributed by atoms with Crippen LogP contribution in [0.25, 0.3) is 0 Å². The molecule has 0 unspecified atom stereocenters. The van der Waals surface area contributed by atoms with Gasteiger partial charge in [-0.05, 0) is 43.7 Å². The third kappa shape index (κ3) is 9.82. The standard InChI is InChI=1S/C19H30N2O2.2C2HF3O2/c1-2-16-3-4-17(23-16)14-21-10-6-18-19(21)5-9-20(18)13-15-7-11-22-12-8-15;2*3-2(4,5)1(6)7/h3-4,15,18-19H,2,5-14H2,1H3;2*(H,6,7)/t18-,19+;;/m0../s1. The van der Waals surface area contributed by atoms with Crippen LogP contribution in [0.15, 0.2) is 16.5 Å². The van der Waals surface area contributed by atoms with E-state index in [1.165, 1.54) is 45.3 Å². The first-order valence-corrected chi connectivity index (χ1v) is 12.0. The Morgan fingerprint density at radius 2 is 1.32 bits per heavy atom. The first-order valence-electron chi connectivity index (χ1n) is 12.0. The SMILES string of the molecule is CCc1ccc(CN2CC[C@H]3[C@H]2CCN3CC2CCOCC2)o1.O=C(O)C(F)(F)F.O=C(O)C(F)(F)F. The number of carboxylic acids is 2. The number of likely N-dealkylation sites (tertiary alicyclic amines) is 2. The van der Waals surface area contributed by atoms with Crippen molar-refractivity contribution in [1.82, 2.24) is 9.80 Å². The van der Waals surface area contributed by atoms with Gasteiger partial charge in [0.15, 0.2) is 0 Å². The van der Waals surface area contributed by atoms with E-state index in [4.69, 9.17) is 29.0 Å². The molecular formula is C23H32F6N2O6. The maximum Gasteiger partial charge on any atom is 0.490 e. The molecule has 2 N–H and O–H groups in total. The Bertz CT molecular complexity index is 845. The van der Waals surface area contributed by atoms with Crippen LogP contribution in [0.2, 0.25) is 0 Å². The number of rotatable bonds is 5. The highest BCUT2D eigenvalue weighted by Gasteiger charge is 2.43. The molecule has 212 valence electrons. The van der Waals surface area contributed by atoms with Crippen LogP contribution in [-0.2, 0) is 27.3 Å². The first-order chi connectivity index (χ1) is 17.2. The molecule has 8 nitrogen and oxygen atoms in total. The van der Waals surface area contributed by atoms with Gasteiger partial charge >= 0.3 is 24.3 Å². The Labute approximate surface area is 210 Å². The Morgan fingerprint density at radius 1 is 0.865 bits per heavy atom. The topological polar surface area (TPSA) is 103 Å². The molecule has 3 aliphatic rings. The number of aryl methyl sites for hydroxylation is 1. The van der Waals surface area contributed by atoms with Gasteiger partial charge in [0.2, 0.25) is 0 Å². The molecule has 3 aliphatic heterocycles. The fraction of sp³-hybridized carbons (Fsp3) is 0.739. The highest BCUT2D eigenvalue weighted by Crippen LogP contribution is 2.34. The molecule has 0 saturated carbocycles. The molecule has 0 radical (unpaired) electrons. The summed E-state index contributed by atoms with van der Waals surface area (Å²) in [6.07, 6.45) is -4.01. The van der Waals surface area contributed by atoms with Crippen LogP contribution in [0.5, 0.6) is 0 Å². The molecule has 0 aliphatic carbocycles. The summed E-state index contributed by atoms with van der Waals surface area (Å²) in [5.74, 6) is -2.40. The van der Waals surface area contributed by atoms with Crippen molar-refractivity contribution in [2.24, 2.45) is 5.92 Å². The van der Waals surface area contributed by atoms with Crippen molar-refractivity contribution < 1.29 is 55.3 Å². The van der Waals surface area contributed by atoms with E-state index < -0.39 is 24.3 Å². The summed E-state index contributed by atoms with van der Waals surface area (Å²) in [7, 11) is 0. The van der Waals surface area contributed by atoms with Gasteiger partial charge in [0.25, 0.3) is 0 Å². The maximum atomic E-state index is 10.6. The highest BCUT2D eigenvalue weighted by molar-refractivity contribution is 5.73. The number of carbonyl (C=O) groups is 2. The predicted molar refractivity (Wildman–Crippen MR) is 118 cm³/mol. The van der Waals surface area contributed by atoms with E-state index in [9.17, 15) is 26.3 Å². The second-order valence-corrected chi connectivity index (χ2v) is 9.06. The number of nitrogens with zero attached hydrogens (tertiary/aromatic N) is 2. The van der Waals surface area contributed by atoms with Crippen LogP contribution in [0, 0.1) is 5.92 Å². The molecule has 0 spiro atoms. The zero-order valence-electron chi connectivity index (χ0n) is 20.4. The second-order valence-electron chi connectivity index (χ2n) is 9.06. The van der Waals surface area contributed by atoms with Gasteiger partial charge in [-0.25, -0.2) is 9.59 Å². The van der Waals surface area contributed by atoms with Gasteiger partial charge in [-0.2, -0.15) is 26.3 Å². The second kappa shape index (κ2) is 13.5. The van der Waals surface area contributed by atoms with Crippen molar-refractivity contribution in [2.45, 2.75) is 70.0 Å². The molecule has 14 heteroatoms. The number of hydrogen-bond donors (Lipinski definition) is 2. The number of hydrogen-bond acceptors (Lipinski definition) is 6. The van der Waals surface area contributed by atoms with Gasteiger partial charge in [0.05, 0.1) is 6.54 Å². The summed E-state index contributed by atoms with van der Waals surface area (Å²) in [6, 6.07) is 5.82. The number of fused-ring (bicyclic) bond motifs is 1. The van der Waals surface area contributed by atoms with Gasteiger partial charge in [-0.15, -0.1) is 0 Å². The molecule has 3 fully saturated rings. The van der Waals surface area contributed by atoms with Crippen LogP contribution in [0.4, 0.5) is 26.3 Å². The minimum atomic E-state index is -5.08. The summed E-state index contributed by atoms with van der Waals surface area (Å²) >= 11 is 0. The predicted octanol–water partition coefficient (Wildman–Crippen LogP) is 4.18. The van der Waals surface area contributed by atoms with E-state index >= 15 is 0 Å². The lowest BCUT2D eigenvalue weighted by Gasteiger charge is -2.30. The largest absolute Gasteiger partial charge is 0.490 e. The number of ether oxygens (including phenoxy) is 1. The molecule has 3 saturated heterocycles. The van der Waals surface area contributed by atoms with Crippen molar-refractivity contribution in [2.75, 3.05) is 32.8 Å². The van der Waals surface area contributed by atoms with Crippen molar-refractivity contribution in [3.63, 3.8) is 0 Å². The van der Waals surface area contributed by atoms with Crippen LogP contribution in [-0.4, -0.2) is 89.2 Å². The quantitative estimate of drug-likeness (QED) is 0.531.